The topological polar surface area (TPSA) is 49.8 Å². The molecule has 0 spiro atoms. The number of likely N-dealkylation sites (N-methyl/N-ethyl adjacent to an activating group) is 1. The number of nitrogens with zero attached hydrogens (tertiary/aromatic N) is 1. The average Bonchev–Trinajstić information content (AvgIpc) is 2.71. The summed E-state index contributed by atoms with van der Waals surface area (Å²) in [5.74, 6) is -0.154. The Hall–Kier alpha value is -2.17. The van der Waals surface area contributed by atoms with E-state index < -0.39 is 6.10 Å². The van der Waals surface area contributed by atoms with Gasteiger partial charge < -0.3 is 14.7 Å². The predicted octanol–water partition coefficient (Wildman–Crippen LogP) is 4.20. The van der Waals surface area contributed by atoms with Crippen molar-refractivity contribution in [1.29, 1.82) is 0 Å². The molecule has 0 radical (unpaired) electrons. The van der Waals surface area contributed by atoms with E-state index in [9.17, 15) is 9.90 Å². The molecule has 2 aromatic carbocycles. The number of benzene rings is 2. The highest BCUT2D eigenvalue weighted by Gasteiger charge is 2.27. The van der Waals surface area contributed by atoms with Crippen molar-refractivity contribution in [2.24, 2.45) is 5.92 Å². The number of rotatable bonds is 9. The van der Waals surface area contributed by atoms with Crippen LogP contribution in [0.4, 0.5) is 0 Å². The molecule has 0 aromatic heterocycles. The zero-order valence-corrected chi connectivity index (χ0v) is 16.7. The van der Waals surface area contributed by atoms with Crippen LogP contribution in [0.1, 0.15) is 44.4 Å². The van der Waals surface area contributed by atoms with Gasteiger partial charge in [0.25, 0.3) is 0 Å². The van der Waals surface area contributed by atoms with Crippen molar-refractivity contribution in [1.82, 2.24) is 4.90 Å². The standard InChI is InChI=1S/C23H31NO3/c1-17(15-18(2)27-16-20-11-7-5-8-12-20)23(26)24(4)19(3)22(25)21-13-9-6-10-14-21/h5-14,17-19,22,25H,15-16H2,1-4H3/t17-,18-,19+,22-/m0/s1. The van der Waals surface area contributed by atoms with E-state index in [0.717, 1.165) is 11.1 Å². The molecule has 27 heavy (non-hydrogen) atoms. The van der Waals surface area contributed by atoms with Crippen molar-refractivity contribution in [3.05, 3.63) is 71.8 Å². The molecule has 0 aliphatic rings. The Kier molecular flexibility index (Phi) is 8.01. The molecule has 1 N–H and O–H groups in total. The van der Waals surface area contributed by atoms with Gasteiger partial charge in [-0.15, -0.1) is 0 Å². The number of carbonyl (C=O) groups excluding carboxylic acids is 1. The third kappa shape index (κ3) is 6.19. The number of aliphatic hydroxyl groups excluding tert-OH is 1. The van der Waals surface area contributed by atoms with Gasteiger partial charge in [-0.1, -0.05) is 67.6 Å². The summed E-state index contributed by atoms with van der Waals surface area (Å²) in [4.78, 5) is 14.4. The van der Waals surface area contributed by atoms with Crippen molar-refractivity contribution in [3.63, 3.8) is 0 Å². The van der Waals surface area contributed by atoms with Crippen LogP contribution in [0.2, 0.25) is 0 Å². The Labute approximate surface area is 162 Å². The summed E-state index contributed by atoms with van der Waals surface area (Å²) in [5.41, 5.74) is 1.94. The van der Waals surface area contributed by atoms with Gasteiger partial charge in [0, 0.05) is 13.0 Å². The quantitative estimate of drug-likeness (QED) is 0.721. The van der Waals surface area contributed by atoms with Crippen LogP contribution in [0.25, 0.3) is 0 Å². The number of hydrogen-bond donors (Lipinski definition) is 1. The van der Waals surface area contributed by atoms with E-state index in [1.807, 2.05) is 81.4 Å². The molecule has 146 valence electrons. The molecule has 2 rings (SSSR count). The molecule has 4 atom stereocenters. The van der Waals surface area contributed by atoms with Crippen LogP contribution in [0.5, 0.6) is 0 Å². The smallest absolute Gasteiger partial charge is 0.225 e. The Morgan fingerprint density at radius 1 is 1.00 bits per heavy atom. The average molecular weight is 370 g/mol. The lowest BCUT2D eigenvalue weighted by Gasteiger charge is -2.32. The van der Waals surface area contributed by atoms with Crippen LogP contribution in [0.3, 0.4) is 0 Å². The van der Waals surface area contributed by atoms with Gasteiger partial charge in [-0.05, 0) is 31.4 Å². The molecule has 0 aliphatic heterocycles. The Balaban J connectivity index is 1.85. The second kappa shape index (κ2) is 10.2. The van der Waals surface area contributed by atoms with E-state index in [4.69, 9.17) is 4.74 Å². The highest BCUT2D eigenvalue weighted by atomic mass is 16.5. The van der Waals surface area contributed by atoms with Gasteiger partial charge in [0.15, 0.2) is 0 Å². The first kappa shape index (κ1) is 21.1. The zero-order valence-electron chi connectivity index (χ0n) is 16.7. The second-order valence-corrected chi connectivity index (χ2v) is 7.29. The Morgan fingerprint density at radius 2 is 1.56 bits per heavy atom. The lowest BCUT2D eigenvalue weighted by molar-refractivity contribution is -0.139. The largest absolute Gasteiger partial charge is 0.386 e. The Bertz CT molecular complexity index is 689. The molecule has 1 amide bonds. The fourth-order valence-corrected chi connectivity index (χ4v) is 3.17. The van der Waals surface area contributed by atoms with E-state index in [2.05, 4.69) is 0 Å². The molecular formula is C23H31NO3. The maximum atomic E-state index is 12.8. The molecule has 2 aromatic rings. The molecule has 0 aliphatic carbocycles. The lowest BCUT2D eigenvalue weighted by Crippen LogP contribution is -2.42. The molecule has 0 fully saturated rings. The van der Waals surface area contributed by atoms with Crippen molar-refractivity contribution < 1.29 is 14.6 Å². The number of ether oxygens (including phenoxy) is 1. The third-order valence-electron chi connectivity index (χ3n) is 5.04. The lowest BCUT2D eigenvalue weighted by atomic mass is 9.99. The van der Waals surface area contributed by atoms with E-state index in [0.29, 0.717) is 13.0 Å². The van der Waals surface area contributed by atoms with Gasteiger partial charge in [0.05, 0.1) is 24.9 Å². The molecule has 0 bridgehead atoms. The van der Waals surface area contributed by atoms with E-state index in [1.54, 1.807) is 11.9 Å². The summed E-state index contributed by atoms with van der Waals surface area (Å²) in [6.45, 7) is 6.33. The SMILES string of the molecule is C[C@H]([C@H](O)c1ccccc1)N(C)C(=O)[C@@H](C)C[C@H](C)OCc1ccccc1. The maximum Gasteiger partial charge on any atom is 0.225 e. The van der Waals surface area contributed by atoms with E-state index in [-0.39, 0.29) is 24.0 Å². The van der Waals surface area contributed by atoms with Gasteiger partial charge in [-0.3, -0.25) is 4.79 Å². The highest BCUT2D eigenvalue weighted by molar-refractivity contribution is 5.78. The fourth-order valence-electron chi connectivity index (χ4n) is 3.17. The molecule has 4 heteroatoms. The van der Waals surface area contributed by atoms with E-state index >= 15 is 0 Å². The second-order valence-electron chi connectivity index (χ2n) is 7.29. The molecule has 0 unspecified atom stereocenters. The van der Waals surface area contributed by atoms with Crippen molar-refractivity contribution >= 4 is 5.91 Å². The minimum Gasteiger partial charge on any atom is -0.386 e. The maximum absolute atomic E-state index is 12.8. The number of amides is 1. The van der Waals surface area contributed by atoms with Crippen LogP contribution in [0, 0.1) is 5.92 Å². The summed E-state index contributed by atoms with van der Waals surface area (Å²) >= 11 is 0. The van der Waals surface area contributed by atoms with Crippen LogP contribution in [0.15, 0.2) is 60.7 Å². The summed E-state index contributed by atoms with van der Waals surface area (Å²) in [6, 6.07) is 19.2. The van der Waals surface area contributed by atoms with Crippen molar-refractivity contribution in [2.45, 2.75) is 52.0 Å². The summed E-state index contributed by atoms with van der Waals surface area (Å²) in [6.07, 6.45) is -0.0875. The molecule has 4 nitrogen and oxygen atoms in total. The van der Waals surface area contributed by atoms with Crippen molar-refractivity contribution in [3.8, 4) is 0 Å². The molecular weight excluding hydrogens is 338 g/mol. The zero-order chi connectivity index (χ0) is 19.8. The third-order valence-corrected chi connectivity index (χ3v) is 5.04. The van der Waals surface area contributed by atoms with Gasteiger partial charge in [0.2, 0.25) is 5.91 Å². The Morgan fingerprint density at radius 3 is 2.15 bits per heavy atom. The molecule has 0 saturated carbocycles. The molecule has 0 heterocycles. The van der Waals surface area contributed by atoms with Gasteiger partial charge >= 0.3 is 0 Å². The monoisotopic (exact) mass is 369 g/mol. The summed E-state index contributed by atoms with van der Waals surface area (Å²) < 4.78 is 5.89. The van der Waals surface area contributed by atoms with Gasteiger partial charge in [0.1, 0.15) is 0 Å². The molecule has 0 saturated heterocycles. The predicted molar refractivity (Wildman–Crippen MR) is 108 cm³/mol. The normalized spacial score (nSPS) is 15.6. The van der Waals surface area contributed by atoms with Crippen LogP contribution in [-0.4, -0.2) is 35.1 Å². The summed E-state index contributed by atoms with van der Waals surface area (Å²) in [5, 5.41) is 10.6. The number of carbonyl (C=O) groups is 1. The summed E-state index contributed by atoms with van der Waals surface area (Å²) in [7, 11) is 1.76. The first-order valence-corrected chi connectivity index (χ1v) is 9.55. The number of aliphatic hydroxyl groups is 1. The van der Waals surface area contributed by atoms with Crippen LogP contribution >= 0.6 is 0 Å². The van der Waals surface area contributed by atoms with Crippen molar-refractivity contribution in [2.75, 3.05) is 7.05 Å². The minimum absolute atomic E-state index is 0.0210. The van der Waals surface area contributed by atoms with Crippen LogP contribution in [-0.2, 0) is 16.1 Å². The highest BCUT2D eigenvalue weighted by Crippen LogP contribution is 2.22. The fraction of sp³-hybridized carbons (Fsp3) is 0.435. The first-order valence-electron chi connectivity index (χ1n) is 9.55. The first-order chi connectivity index (χ1) is 12.9. The number of hydrogen-bond acceptors (Lipinski definition) is 3. The van der Waals surface area contributed by atoms with Gasteiger partial charge in [-0.2, -0.15) is 0 Å². The van der Waals surface area contributed by atoms with E-state index in [1.165, 1.54) is 0 Å². The van der Waals surface area contributed by atoms with Crippen LogP contribution < -0.4 is 0 Å². The van der Waals surface area contributed by atoms with Gasteiger partial charge in [-0.25, -0.2) is 0 Å². The minimum atomic E-state index is -0.709.